The van der Waals surface area contributed by atoms with Crippen molar-refractivity contribution in [3.8, 4) is 0 Å². The SMILES string of the molecule is Cc1ccsc1S(=O)(=O)NC[C@@H]1OCCc2cn(Cc3ccccc3)nc21. The van der Waals surface area contributed by atoms with Gasteiger partial charge < -0.3 is 4.74 Å². The Balaban J connectivity index is 1.49. The number of fused-ring (bicyclic) bond motifs is 1. The molecule has 2 aromatic heterocycles. The van der Waals surface area contributed by atoms with Gasteiger partial charge in [-0.1, -0.05) is 30.3 Å². The smallest absolute Gasteiger partial charge is 0.250 e. The summed E-state index contributed by atoms with van der Waals surface area (Å²) in [6, 6.07) is 11.9. The third-order valence-electron chi connectivity index (χ3n) is 4.57. The summed E-state index contributed by atoms with van der Waals surface area (Å²) >= 11 is 1.22. The minimum absolute atomic E-state index is 0.176. The number of sulfonamides is 1. The molecule has 1 atom stereocenters. The van der Waals surface area contributed by atoms with Gasteiger partial charge in [-0.15, -0.1) is 11.3 Å². The minimum atomic E-state index is -3.54. The van der Waals surface area contributed by atoms with Crippen molar-refractivity contribution >= 4 is 21.4 Å². The van der Waals surface area contributed by atoms with Crippen LogP contribution < -0.4 is 4.72 Å². The average Bonchev–Trinajstić information content (AvgIpc) is 3.27. The molecule has 6 nitrogen and oxygen atoms in total. The molecule has 0 saturated heterocycles. The highest BCUT2D eigenvalue weighted by Gasteiger charge is 2.27. The summed E-state index contributed by atoms with van der Waals surface area (Å²) in [5, 5.41) is 6.45. The van der Waals surface area contributed by atoms with Crippen LogP contribution in [0.25, 0.3) is 0 Å². The van der Waals surface area contributed by atoms with Crippen molar-refractivity contribution in [2.24, 2.45) is 0 Å². The number of aromatic nitrogens is 2. The Bertz CT molecular complexity index is 1030. The van der Waals surface area contributed by atoms with Gasteiger partial charge in [-0.2, -0.15) is 5.10 Å². The summed E-state index contributed by atoms with van der Waals surface area (Å²) in [4.78, 5) is 0. The molecule has 0 fully saturated rings. The van der Waals surface area contributed by atoms with Crippen molar-refractivity contribution in [3.63, 3.8) is 0 Å². The van der Waals surface area contributed by atoms with Gasteiger partial charge in [-0.25, -0.2) is 13.1 Å². The molecule has 1 N–H and O–H groups in total. The lowest BCUT2D eigenvalue weighted by Gasteiger charge is -2.22. The Hall–Kier alpha value is -2.00. The van der Waals surface area contributed by atoms with Crippen molar-refractivity contribution < 1.29 is 13.2 Å². The van der Waals surface area contributed by atoms with Crippen LogP contribution >= 0.6 is 11.3 Å². The Morgan fingerprint density at radius 3 is 2.85 bits per heavy atom. The lowest BCUT2D eigenvalue weighted by atomic mass is 10.1. The van der Waals surface area contributed by atoms with E-state index in [0.717, 1.165) is 23.2 Å². The van der Waals surface area contributed by atoms with E-state index >= 15 is 0 Å². The standard InChI is InChI=1S/C19H21N3O3S2/c1-14-8-10-26-19(14)27(23,24)20-11-17-18-16(7-9-25-17)13-22(21-18)12-15-5-3-2-4-6-15/h2-6,8,10,13,17,20H,7,9,11-12H2,1H3/t17-/m0/s1. The summed E-state index contributed by atoms with van der Waals surface area (Å²) in [5.41, 5.74) is 3.87. The third kappa shape index (κ3) is 3.98. The highest BCUT2D eigenvalue weighted by atomic mass is 32.2. The molecule has 0 unspecified atom stereocenters. The first kappa shape index (κ1) is 18.4. The number of aryl methyl sites for hydroxylation is 1. The molecule has 1 aliphatic heterocycles. The first-order chi connectivity index (χ1) is 13.0. The number of nitrogens with one attached hydrogen (secondary N) is 1. The molecule has 0 aliphatic carbocycles. The quantitative estimate of drug-likeness (QED) is 0.687. The zero-order valence-electron chi connectivity index (χ0n) is 15.0. The van der Waals surface area contributed by atoms with Crippen molar-refractivity contribution in [2.75, 3.05) is 13.2 Å². The molecular formula is C19H21N3O3S2. The van der Waals surface area contributed by atoms with Crippen molar-refractivity contribution in [3.05, 3.63) is 70.4 Å². The topological polar surface area (TPSA) is 73.2 Å². The van der Waals surface area contributed by atoms with Crippen LogP contribution in [0.4, 0.5) is 0 Å². The molecule has 1 aliphatic rings. The average molecular weight is 404 g/mol. The van der Waals surface area contributed by atoms with E-state index in [-0.39, 0.29) is 12.6 Å². The molecule has 0 bridgehead atoms. The maximum atomic E-state index is 12.5. The monoisotopic (exact) mass is 403 g/mol. The highest BCUT2D eigenvalue weighted by molar-refractivity contribution is 7.91. The fourth-order valence-electron chi connectivity index (χ4n) is 3.22. The zero-order chi connectivity index (χ0) is 18.9. The molecular weight excluding hydrogens is 382 g/mol. The van der Waals surface area contributed by atoms with Crippen LogP contribution in [0.15, 0.2) is 52.2 Å². The van der Waals surface area contributed by atoms with E-state index in [0.29, 0.717) is 17.4 Å². The largest absolute Gasteiger partial charge is 0.370 e. The summed E-state index contributed by atoms with van der Waals surface area (Å²) in [6.45, 7) is 3.22. The van der Waals surface area contributed by atoms with E-state index < -0.39 is 10.0 Å². The highest BCUT2D eigenvalue weighted by Crippen LogP contribution is 2.27. The van der Waals surface area contributed by atoms with E-state index in [2.05, 4.69) is 22.0 Å². The van der Waals surface area contributed by atoms with E-state index in [1.165, 1.54) is 16.9 Å². The van der Waals surface area contributed by atoms with Gasteiger partial charge in [-0.3, -0.25) is 4.68 Å². The van der Waals surface area contributed by atoms with Crippen LogP contribution in [0.1, 0.15) is 28.5 Å². The molecule has 142 valence electrons. The number of ether oxygens (including phenoxy) is 1. The number of hydrogen-bond donors (Lipinski definition) is 1. The van der Waals surface area contributed by atoms with Crippen LogP contribution in [0.3, 0.4) is 0 Å². The second-order valence-corrected chi connectivity index (χ2v) is 9.45. The summed E-state index contributed by atoms with van der Waals surface area (Å²) in [7, 11) is -3.54. The molecule has 0 amide bonds. The Morgan fingerprint density at radius 2 is 2.11 bits per heavy atom. The van der Waals surface area contributed by atoms with Gasteiger partial charge in [0.1, 0.15) is 10.3 Å². The molecule has 0 saturated carbocycles. The van der Waals surface area contributed by atoms with E-state index in [1.54, 1.807) is 18.4 Å². The van der Waals surface area contributed by atoms with Gasteiger partial charge in [-0.05, 0) is 41.5 Å². The van der Waals surface area contributed by atoms with Crippen molar-refractivity contribution in [1.29, 1.82) is 0 Å². The fraction of sp³-hybridized carbons (Fsp3) is 0.316. The molecule has 0 spiro atoms. The molecule has 1 aromatic carbocycles. The molecule has 3 heterocycles. The Kier molecular flexibility index (Phi) is 5.14. The maximum absolute atomic E-state index is 12.5. The van der Waals surface area contributed by atoms with E-state index in [9.17, 15) is 8.42 Å². The summed E-state index contributed by atoms with van der Waals surface area (Å²) in [5.74, 6) is 0. The first-order valence-corrected chi connectivity index (χ1v) is 11.1. The maximum Gasteiger partial charge on any atom is 0.250 e. The minimum Gasteiger partial charge on any atom is -0.370 e. The van der Waals surface area contributed by atoms with Gasteiger partial charge in [0.05, 0.1) is 18.8 Å². The van der Waals surface area contributed by atoms with Gasteiger partial charge in [0.15, 0.2) is 0 Å². The summed E-state index contributed by atoms with van der Waals surface area (Å²) in [6.07, 6.45) is 2.45. The number of benzene rings is 1. The van der Waals surface area contributed by atoms with E-state index in [4.69, 9.17) is 4.74 Å². The van der Waals surface area contributed by atoms with Crippen molar-refractivity contribution in [2.45, 2.75) is 30.2 Å². The van der Waals surface area contributed by atoms with Gasteiger partial charge in [0.25, 0.3) is 0 Å². The first-order valence-electron chi connectivity index (χ1n) is 8.78. The molecule has 4 rings (SSSR count). The molecule has 3 aromatic rings. The lowest BCUT2D eigenvalue weighted by molar-refractivity contribution is 0.0430. The normalized spacial score (nSPS) is 17.0. The van der Waals surface area contributed by atoms with Crippen molar-refractivity contribution in [1.82, 2.24) is 14.5 Å². The number of rotatable bonds is 6. The number of nitrogens with zero attached hydrogens (tertiary/aromatic N) is 2. The van der Waals surface area contributed by atoms with Crippen LogP contribution in [0, 0.1) is 6.92 Å². The van der Waals surface area contributed by atoms with Gasteiger partial charge in [0.2, 0.25) is 10.0 Å². The fourth-order valence-corrected chi connectivity index (χ4v) is 5.72. The van der Waals surface area contributed by atoms with Gasteiger partial charge >= 0.3 is 0 Å². The van der Waals surface area contributed by atoms with Crippen LogP contribution in [0.5, 0.6) is 0 Å². The van der Waals surface area contributed by atoms with Crippen LogP contribution in [0.2, 0.25) is 0 Å². The molecule has 0 radical (unpaired) electrons. The van der Waals surface area contributed by atoms with E-state index in [1.807, 2.05) is 29.1 Å². The predicted octanol–water partition coefficient (Wildman–Crippen LogP) is 2.89. The lowest BCUT2D eigenvalue weighted by Crippen LogP contribution is -2.31. The summed E-state index contributed by atoms with van der Waals surface area (Å²) < 4.78 is 35.8. The van der Waals surface area contributed by atoms with Gasteiger partial charge in [0, 0.05) is 12.7 Å². The molecule has 27 heavy (non-hydrogen) atoms. The zero-order valence-corrected chi connectivity index (χ0v) is 16.6. The van der Waals surface area contributed by atoms with Crippen LogP contribution in [-0.2, 0) is 27.7 Å². The second-order valence-electron chi connectivity index (χ2n) is 6.58. The Labute approximate surface area is 162 Å². The number of hydrogen-bond acceptors (Lipinski definition) is 5. The molecule has 8 heteroatoms. The third-order valence-corrected chi connectivity index (χ3v) is 7.68. The van der Waals surface area contributed by atoms with Crippen LogP contribution in [-0.4, -0.2) is 31.3 Å². The second kappa shape index (κ2) is 7.55. The number of thiophene rings is 1. The predicted molar refractivity (Wildman–Crippen MR) is 104 cm³/mol. The Morgan fingerprint density at radius 1 is 1.30 bits per heavy atom.